The molecule has 1 fully saturated rings. The summed E-state index contributed by atoms with van der Waals surface area (Å²) in [7, 11) is -3.39. The maximum atomic E-state index is 11.7. The largest absolute Gasteiger partial charge is 0.492 e. The van der Waals surface area contributed by atoms with Crippen molar-refractivity contribution in [1.82, 2.24) is 10.0 Å². The minimum absolute atomic E-state index is 0.0699. The Hall–Kier alpha value is -1.86. The predicted octanol–water partition coefficient (Wildman–Crippen LogP) is 4.48. The first kappa shape index (κ1) is 22.3. The maximum Gasteiger partial charge on any atom is 0.233 e. The van der Waals surface area contributed by atoms with Crippen LogP contribution >= 0.6 is 11.6 Å². The summed E-state index contributed by atoms with van der Waals surface area (Å²) in [6.07, 6.45) is 5.99. The average Bonchev–Trinajstić information content (AvgIpc) is 2.72. The van der Waals surface area contributed by atoms with Gasteiger partial charge in [-0.2, -0.15) is 0 Å². The Bertz CT molecular complexity index is 1050. The highest BCUT2D eigenvalue weighted by molar-refractivity contribution is 7.92. The molecule has 2 aliphatic rings. The van der Waals surface area contributed by atoms with Gasteiger partial charge in [0.1, 0.15) is 12.4 Å². The molecule has 1 unspecified atom stereocenters. The molecular formula is C24H29ClN2O3S. The van der Waals surface area contributed by atoms with E-state index in [1.54, 1.807) is 6.92 Å². The number of benzene rings is 2. The molecule has 1 aliphatic heterocycles. The highest BCUT2D eigenvalue weighted by Crippen LogP contribution is 2.53. The van der Waals surface area contributed by atoms with Crippen LogP contribution in [0.25, 0.3) is 0 Å². The SMILES string of the molecule is C/C=C/S(=O)(=O)NCCOc1ccc2c(c1)C(C1(c3ccc(Cl)cc3)CCC1)NCC2. The van der Waals surface area contributed by atoms with Crippen molar-refractivity contribution in [1.29, 1.82) is 0 Å². The van der Waals surface area contributed by atoms with E-state index in [0.717, 1.165) is 42.0 Å². The Balaban J connectivity index is 1.52. The first-order valence-electron chi connectivity index (χ1n) is 10.8. The van der Waals surface area contributed by atoms with Gasteiger partial charge in [0, 0.05) is 28.4 Å². The van der Waals surface area contributed by atoms with Crippen molar-refractivity contribution < 1.29 is 13.2 Å². The van der Waals surface area contributed by atoms with Crippen molar-refractivity contribution in [3.05, 3.63) is 75.7 Å². The van der Waals surface area contributed by atoms with Crippen LogP contribution in [-0.4, -0.2) is 28.1 Å². The third kappa shape index (κ3) is 4.82. The van der Waals surface area contributed by atoms with E-state index in [-0.39, 0.29) is 24.6 Å². The second-order valence-corrected chi connectivity index (χ2v) is 10.4. The molecule has 0 amide bonds. The summed E-state index contributed by atoms with van der Waals surface area (Å²) in [6.45, 7) is 3.13. The smallest absolute Gasteiger partial charge is 0.233 e. The van der Waals surface area contributed by atoms with Crippen LogP contribution in [-0.2, 0) is 21.9 Å². The number of halogens is 1. The molecule has 0 aromatic heterocycles. The Labute approximate surface area is 189 Å². The van der Waals surface area contributed by atoms with Crippen molar-refractivity contribution in [2.45, 2.75) is 44.1 Å². The fraction of sp³-hybridized carbons (Fsp3) is 0.417. The zero-order valence-electron chi connectivity index (χ0n) is 17.7. The normalized spacial score (nSPS) is 20.3. The molecule has 7 heteroatoms. The highest BCUT2D eigenvalue weighted by atomic mass is 35.5. The van der Waals surface area contributed by atoms with Gasteiger partial charge >= 0.3 is 0 Å². The summed E-state index contributed by atoms with van der Waals surface area (Å²) in [5.74, 6) is 0.767. The summed E-state index contributed by atoms with van der Waals surface area (Å²) < 4.78 is 31.8. The fourth-order valence-corrected chi connectivity index (χ4v) is 5.73. The zero-order chi connectivity index (χ0) is 21.9. The summed E-state index contributed by atoms with van der Waals surface area (Å²) in [5, 5.41) is 5.68. The van der Waals surface area contributed by atoms with Crippen LogP contribution in [0.1, 0.15) is 48.9 Å². The molecule has 0 bridgehead atoms. The van der Waals surface area contributed by atoms with E-state index in [4.69, 9.17) is 16.3 Å². The Morgan fingerprint density at radius 3 is 2.68 bits per heavy atom. The molecule has 31 heavy (non-hydrogen) atoms. The zero-order valence-corrected chi connectivity index (χ0v) is 19.3. The first-order chi connectivity index (χ1) is 14.9. The van der Waals surface area contributed by atoms with Crippen molar-refractivity contribution in [3.63, 3.8) is 0 Å². The van der Waals surface area contributed by atoms with Crippen molar-refractivity contribution in [3.8, 4) is 5.75 Å². The van der Waals surface area contributed by atoms with Crippen molar-refractivity contribution in [2.75, 3.05) is 19.7 Å². The lowest BCUT2D eigenvalue weighted by Crippen LogP contribution is -2.49. The lowest BCUT2D eigenvalue weighted by Gasteiger charge is -2.50. The van der Waals surface area contributed by atoms with Crippen LogP contribution < -0.4 is 14.8 Å². The number of hydrogen-bond donors (Lipinski definition) is 2. The van der Waals surface area contributed by atoms with Gasteiger partial charge in [0.2, 0.25) is 10.0 Å². The number of nitrogens with one attached hydrogen (secondary N) is 2. The van der Waals surface area contributed by atoms with Gasteiger partial charge in [0.05, 0.1) is 0 Å². The minimum Gasteiger partial charge on any atom is -0.492 e. The number of fused-ring (bicyclic) bond motifs is 1. The fourth-order valence-electron chi connectivity index (χ4n) is 4.78. The Morgan fingerprint density at radius 2 is 2.00 bits per heavy atom. The van der Waals surface area contributed by atoms with Crippen LogP contribution in [0.3, 0.4) is 0 Å². The number of ether oxygens (including phenoxy) is 1. The van der Waals surface area contributed by atoms with Gasteiger partial charge in [-0.1, -0.05) is 42.3 Å². The van der Waals surface area contributed by atoms with E-state index in [9.17, 15) is 8.42 Å². The molecule has 1 atom stereocenters. The monoisotopic (exact) mass is 460 g/mol. The highest BCUT2D eigenvalue weighted by Gasteiger charge is 2.47. The predicted molar refractivity (Wildman–Crippen MR) is 125 cm³/mol. The van der Waals surface area contributed by atoms with Crippen molar-refractivity contribution in [2.24, 2.45) is 0 Å². The molecule has 1 heterocycles. The van der Waals surface area contributed by atoms with Gasteiger partial charge in [0.15, 0.2) is 0 Å². The van der Waals surface area contributed by atoms with Crippen LogP contribution in [0.2, 0.25) is 5.02 Å². The topological polar surface area (TPSA) is 67.4 Å². The minimum atomic E-state index is -3.39. The van der Waals surface area contributed by atoms with Gasteiger partial charge < -0.3 is 10.1 Å². The van der Waals surface area contributed by atoms with Crippen LogP contribution in [0, 0.1) is 0 Å². The van der Waals surface area contributed by atoms with Gasteiger partial charge in [-0.15, -0.1) is 0 Å². The van der Waals surface area contributed by atoms with E-state index in [0.29, 0.717) is 0 Å². The van der Waals surface area contributed by atoms with E-state index in [2.05, 4.69) is 34.3 Å². The molecule has 0 spiro atoms. The van der Waals surface area contributed by atoms with E-state index in [1.807, 2.05) is 18.2 Å². The Morgan fingerprint density at radius 1 is 1.23 bits per heavy atom. The quantitative estimate of drug-likeness (QED) is 0.570. The molecule has 2 aromatic rings. The molecule has 5 nitrogen and oxygen atoms in total. The summed E-state index contributed by atoms with van der Waals surface area (Å²) >= 11 is 6.14. The third-order valence-corrected chi connectivity index (χ3v) is 7.87. The third-order valence-electron chi connectivity index (χ3n) is 6.38. The van der Waals surface area contributed by atoms with Crippen LogP contribution in [0.4, 0.5) is 0 Å². The summed E-state index contributed by atoms with van der Waals surface area (Å²) in [5.41, 5.74) is 4.04. The van der Waals surface area contributed by atoms with E-state index < -0.39 is 10.0 Å². The van der Waals surface area contributed by atoms with Gasteiger partial charge in [-0.05, 0) is 73.7 Å². The molecule has 4 rings (SSSR count). The molecule has 2 aromatic carbocycles. The molecule has 0 radical (unpaired) electrons. The second kappa shape index (κ2) is 9.33. The Kier molecular flexibility index (Phi) is 6.72. The lowest BCUT2D eigenvalue weighted by molar-refractivity contribution is 0.164. The van der Waals surface area contributed by atoms with E-state index in [1.165, 1.54) is 29.2 Å². The number of rotatable bonds is 8. The lowest BCUT2D eigenvalue weighted by atomic mass is 9.58. The van der Waals surface area contributed by atoms with Crippen LogP contribution in [0.5, 0.6) is 5.75 Å². The number of allylic oxidation sites excluding steroid dienone is 1. The van der Waals surface area contributed by atoms with Crippen LogP contribution in [0.15, 0.2) is 53.9 Å². The molecule has 1 aliphatic carbocycles. The summed E-state index contributed by atoms with van der Waals surface area (Å²) in [4.78, 5) is 0. The van der Waals surface area contributed by atoms with Crippen molar-refractivity contribution >= 4 is 21.6 Å². The number of sulfonamides is 1. The van der Waals surface area contributed by atoms with Gasteiger partial charge in [-0.3, -0.25) is 0 Å². The molecule has 1 saturated carbocycles. The number of hydrogen-bond acceptors (Lipinski definition) is 4. The van der Waals surface area contributed by atoms with E-state index >= 15 is 0 Å². The average molecular weight is 461 g/mol. The second-order valence-electron chi connectivity index (χ2n) is 8.27. The van der Waals surface area contributed by atoms with Gasteiger partial charge in [-0.25, -0.2) is 13.1 Å². The molecular weight excluding hydrogens is 432 g/mol. The molecule has 2 N–H and O–H groups in total. The molecule has 166 valence electrons. The van der Waals surface area contributed by atoms with Gasteiger partial charge in [0.25, 0.3) is 0 Å². The first-order valence-corrected chi connectivity index (χ1v) is 12.7. The standard InChI is InChI=1S/C24H29ClN2O3S/c1-2-16-31(28,29)27-14-15-30-21-9-4-18-10-13-26-23(22(18)17-21)24(11-3-12-24)19-5-7-20(25)8-6-19/h2,4-9,16-17,23,26-27H,3,10-15H2,1H3/b16-2+. The maximum absolute atomic E-state index is 11.7. The molecule has 0 saturated heterocycles. The summed E-state index contributed by atoms with van der Waals surface area (Å²) in [6, 6.07) is 14.8.